The molecule has 1 saturated carbocycles. The Hall–Kier alpha value is -1.73. The first kappa shape index (κ1) is 18.1. The number of aromatic nitrogens is 3. The average Bonchev–Trinajstić information content (AvgIpc) is 2.80. The van der Waals surface area contributed by atoms with E-state index in [9.17, 15) is 4.79 Å². The minimum absolute atomic E-state index is 0.0131. The van der Waals surface area contributed by atoms with Crippen LogP contribution in [0.5, 0.6) is 0 Å². The summed E-state index contributed by atoms with van der Waals surface area (Å²) in [4.78, 5) is 12.2. The third-order valence-electron chi connectivity index (χ3n) is 4.33. The summed E-state index contributed by atoms with van der Waals surface area (Å²) in [6.07, 6.45) is 7.05. The molecule has 6 nitrogen and oxygen atoms in total. The van der Waals surface area contributed by atoms with Crippen LogP contribution < -0.4 is 11.2 Å². The molecule has 1 amide bonds. The maximum Gasteiger partial charge on any atom is 0.230 e. The van der Waals surface area contributed by atoms with Crippen molar-refractivity contribution in [1.29, 1.82) is 0 Å². The molecule has 0 unspecified atom stereocenters. The second kappa shape index (κ2) is 8.58. The molecule has 1 aliphatic rings. The Morgan fingerprint density at radius 1 is 1.24 bits per heavy atom. The summed E-state index contributed by atoms with van der Waals surface area (Å²) in [6, 6.07) is 7.62. The van der Waals surface area contributed by atoms with E-state index in [2.05, 4.69) is 15.5 Å². The van der Waals surface area contributed by atoms with Gasteiger partial charge in [0.05, 0.1) is 10.8 Å². The van der Waals surface area contributed by atoms with Gasteiger partial charge in [-0.05, 0) is 25.0 Å². The molecule has 0 radical (unpaired) electrons. The molecule has 1 heterocycles. The lowest BCUT2D eigenvalue weighted by Gasteiger charge is -2.15. The van der Waals surface area contributed by atoms with Crippen LogP contribution in [0.15, 0.2) is 29.4 Å². The number of nitrogens with one attached hydrogen (secondary N) is 1. The Labute approximate surface area is 156 Å². The average molecular weight is 380 g/mol. The van der Waals surface area contributed by atoms with Crippen LogP contribution in [0.3, 0.4) is 0 Å². The van der Waals surface area contributed by atoms with Crippen LogP contribution in [0.25, 0.3) is 11.4 Å². The number of rotatable bonds is 5. The molecule has 0 atom stereocenters. The van der Waals surface area contributed by atoms with Crippen LogP contribution in [-0.2, 0) is 4.79 Å². The number of amides is 1. The Morgan fingerprint density at radius 2 is 1.96 bits per heavy atom. The highest BCUT2D eigenvalue weighted by molar-refractivity contribution is 7.99. The first-order valence-corrected chi connectivity index (χ1v) is 9.89. The van der Waals surface area contributed by atoms with Crippen molar-refractivity contribution in [3.63, 3.8) is 0 Å². The summed E-state index contributed by atoms with van der Waals surface area (Å²) >= 11 is 7.46. The fourth-order valence-electron chi connectivity index (χ4n) is 3.02. The molecule has 3 N–H and O–H groups in total. The predicted molar refractivity (Wildman–Crippen MR) is 101 cm³/mol. The van der Waals surface area contributed by atoms with Crippen molar-refractivity contribution < 1.29 is 4.79 Å². The summed E-state index contributed by atoms with van der Waals surface area (Å²) in [7, 11) is 0. The van der Waals surface area contributed by atoms with Crippen LogP contribution in [0.4, 0.5) is 0 Å². The number of thioether (sulfide) groups is 1. The number of carbonyl (C=O) groups excluding carboxylic acids is 1. The Kier molecular flexibility index (Phi) is 6.20. The number of nitrogens with two attached hydrogens (primary N) is 1. The summed E-state index contributed by atoms with van der Waals surface area (Å²) in [6.45, 7) is 0. The van der Waals surface area contributed by atoms with Crippen LogP contribution in [0.2, 0.25) is 5.02 Å². The van der Waals surface area contributed by atoms with Gasteiger partial charge in [0.15, 0.2) is 5.82 Å². The number of nitrogen functional groups attached to an aromatic ring is 1. The monoisotopic (exact) mass is 379 g/mol. The Morgan fingerprint density at radius 3 is 2.68 bits per heavy atom. The second-order valence-electron chi connectivity index (χ2n) is 6.20. The number of hydrogen-bond acceptors (Lipinski definition) is 5. The van der Waals surface area contributed by atoms with Crippen molar-refractivity contribution in [2.75, 3.05) is 11.6 Å². The van der Waals surface area contributed by atoms with Crippen LogP contribution in [0, 0.1) is 0 Å². The molecule has 2 aromatic rings. The molecular formula is C17H22ClN5OS. The van der Waals surface area contributed by atoms with Crippen molar-refractivity contribution in [2.45, 2.75) is 49.7 Å². The standard InChI is InChI=1S/C17H22ClN5OS/c18-14-10-6-5-9-13(14)16-21-22-17(23(16)19)25-11-15(24)20-12-7-3-1-2-4-8-12/h5-6,9-10,12H,1-4,7-8,11,19H2,(H,20,24). The fraction of sp³-hybridized carbons (Fsp3) is 0.471. The largest absolute Gasteiger partial charge is 0.353 e. The molecule has 0 saturated heterocycles. The topological polar surface area (TPSA) is 85.8 Å². The van der Waals surface area contributed by atoms with Crippen molar-refractivity contribution in [2.24, 2.45) is 0 Å². The highest BCUT2D eigenvalue weighted by atomic mass is 35.5. The summed E-state index contributed by atoms with van der Waals surface area (Å²) in [5, 5.41) is 12.4. The number of halogens is 1. The van der Waals surface area contributed by atoms with Gasteiger partial charge in [-0.3, -0.25) is 4.79 Å². The van der Waals surface area contributed by atoms with E-state index in [1.165, 1.54) is 42.1 Å². The van der Waals surface area contributed by atoms with Crippen molar-refractivity contribution >= 4 is 29.3 Å². The first-order valence-electron chi connectivity index (χ1n) is 8.52. The molecule has 0 bridgehead atoms. The molecule has 1 aliphatic carbocycles. The van der Waals surface area contributed by atoms with Gasteiger partial charge < -0.3 is 11.2 Å². The van der Waals surface area contributed by atoms with E-state index in [0.29, 0.717) is 27.6 Å². The third kappa shape index (κ3) is 4.67. The molecule has 134 valence electrons. The SMILES string of the molecule is Nn1c(SCC(=O)NC2CCCCCC2)nnc1-c1ccccc1Cl. The van der Waals surface area contributed by atoms with E-state index in [-0.39, 0.29) is 11.7 Å². The molecule has 0 aliphatic heterocycles. The van der Waals surface area contributed by atoms with Gasteiger partial charge in [0, 0.05) is 11.6 Å². The maximum absolute atomic E-state index is 12.2. The normalized spacial score (nSPS) is 15.7. The minimum Gasteiger partial charge on any atom is -0.353 e. The second-order valence-corrected chi connectivity index (χ2v) is 7.55. The minimum atomic E-state index is 0.0131. The molecule has 0 spiro atoms. The van der Waals surface area contributed by atoms with Crippen LogP contribution in [-0.4, -0.2) is 32.6 Å². The predicted octanol–water partition coefficient (Wildman–Crippen LogP) is 3.24. The lowest BCUT2D eigenvalue weighted by atomic mass is 10.1. The number of hydrogen-bond donors (Lipinski definition) is 2. The van der Waals surface area contributed by atoms with E-state index < -0.39 is 0 Å². The third-order valence-corrected chi connectivity index (χ3v) is 5.60. The molecule has 8 heteroatoms. The van der Waals surface area contributed by atoms with E-state index in [1.54, 1.807) is 6.07 Å². The zero-order valence-electron chi connectivity index (χ0n) is 13.9. The number of carbonyl (C=O) groups is 1. The summed E-state index contributed by atoms with van der Waals surface area (Å²) in [5.74, 6) is 6.84. The zero-order chi connectivity index (χ0) is 17.6. The lowest BCUT2D eigenvalue weighted by molar-refractivity contribution is -0.119. The van der Waals surface area contributed by atoms with Gasteiger partial charge in [-0.25, -0.2) is 4.68 Å². The quantitative estimate of drug-likeness (QED) is 0.473. The highest BCUT2D eigenvalue weighted by Gasteiger charge is 2.18. The summed E-state index contributed by atoms with van der Waals surface area (Å²) < 4.78 is 1.38. The molecule has 1 aromatic carbocycles. The van der Waals surface area contributed by atoms with Crippen LogP contribution >= 0.6 is 23.4 Å². The van der Waals surface area contributed by atoms with Crippen molar-refractivity contribution in [1.82, 2.24) is 20.2 Å². The fourth-order valence-corrected chi connectivity index (χ4v) is 3.91. The number of nitrogens with zero attached hydrogens (tertiary/aromatic N) is 3. The van der Waals surface area contributed by atoms with Gasteiger partial charge in [0.1, 0.15) is 0 Å². The molecule has 1 fully saturated rings. The van der Waals surface area contributed by atoms with Gasteiger partial charge in [0.2, 0.25) is 11.1 Å². The number of benzene rings is 1. The van der Waals surface area contributed by atoms with E-state index in [4.69, 9.17) is 17.4 Å². The first-order chi connectivity index (χ1) is 12.1. The molecular weight excluding hydrogens is 358 g/mol. The Balaban J connectivity index is 1.58. The lowest BCUT2D eigenvalue weighted by Crippen LogP contribution is -2.35. The smallest absolute Gasteiger partial charge is 0.230 e. The maximum atomic E-state index is 12.2. The van der Waals surface area contributed by atoms with Gasteiger partial charge >= 0.3 is 0 Å². The van der Waals surface area contributed by atoms with Gasteiger partial charge in [0.25, 0.3) is 0 Å². The Bertz CT molecular complexity index is 728. The van der Waals surface area contributed by atoms with Gasteiger partial charge in [-0.1, -0.05) is 61.2 Å². The van der Waals surface area contributed by atoms with Crippen molar-refractivity contribution in [3.8, 4) is 11.4 Å². The molecule has 1 aromatic heterocycles. The van der Waals surface area contributed by atoms with Crippen LogP contribution in [0.1, 0.15) is 38.5 Å². The van der Waals surface area contributed by atoms with E-state index >= 15 is 0 Å². The van der Waals surface area contributed by atoms with Crippen molar-refractivity contribution in [3.05, 3.63) is 29.3 Å². The van der Waals surface area contributed by atoms with E-state index in [0.717, 1.165) is 12.8 Å². The van der Waals surface area contributed by atoms with E-state index in [1.807, 2.05) is 18.2 Å². The zero-order valence-corrected chi connectivity index (χ0v) is 15.5. The van der Waals surface area contributed by atoms with Gasteiger partial charge in [-0.2, -0.15) is 0 Å². The summed E-state index contributed by atoms with van der Waals surface area (Å²) in [5.41, 5.74) is 0.717. The van der Waals surface area contributed by atoms with Gasteiger partial charge in [-0.15, -0.1) is 10.2 Å². The highest BCUT2D eigenvalue weighted by Crippen LogP contribution is 2.27. The molecule has 3 rings (SSSR count). The molecule has 25 heavy (non-hydrogen) atoms.